The van der Waals surface area contributed by atoms with Crippen LogP contribution in [0.2, 0.25) is 0 Å². The maximum atomic E-state index is 11.9. The molecule has 0 aliphatic carbocycles. The van der Waals surface area contributed by atoms with Crippen LogP contribution in [0.25, 0.3) is 0 Å². The third-order valence-electron chi connectivity index (χ3n) is 3.00. The molecule has 0 saturated carbocycles. The van der Waals surface area contributed by atoms with Crippen molar-refractivity contribution in [3.63, 3.8) is 0 Å². The van der Waals surface area contributed by atoms with Crippen molar-refractivity contribution in [1.29, 1.82) is 0 Å². The number of carboxylic acids is 1. The van der Waals surface area contributed by atoms with Gasteiger partial charge in [0.1, 0.15) is 6.10 Å². The van der Waals surface area contributed by atoms with E-state index in [9.17, 15) is 9.59 Å². The Kier molecular flexibility index (Phi) is 3.40. The van der Waals surface area contributed by atoms with Gasteiger partial charge in [-0.3, -0.25) is 4.79 Å². The number of nitrogens with zero attached hydrogens (tertiary/aromatic N) is 1. The van der Waals surface area contributed by atoms with Gasteiger partial charge in [0.2, 0.25) is 0 Å². The lowest BCUT2D eigenvalue weighted by atomic mass is 10.1. The van der Waals surface area contributed by atoms with E-state index in [1.54, 1.807) is 4.90 Å². The van der Waals surface area contributed by atoms with Gasteiger partial charge in [-0.1, -0.05) is 0 Å². The number of nitrogens with one attached hydrogen (secondary N) is 1. The van der Waals surface area contributed by atoms with Gasteiger partial charge >= 0.3 is 5.97 Å². The van der Waals surface area contributed by atoms with E-state index in [0.717, 1.165) is 13.1 Å². The molecule has 0 unspecified atom stereocenters. The molecule has 16 heavy (non-hydrogen) atoms. The SMILES string of the molecule is O=C(O)[C@H]1CC[C@@H](C(=O)N2CCNCC2)O1. The fourth-order valence-corrected chi connectivity index (χ4v) is 2.09. The first kappa shape index (κ1) is 11.3. The predicted octanol–water partition coefficient (Wildman–Crippen LogP) is -0.950. The van der Waals surface area contributed by atoms with E-state index in [0.29, 0.717) is 25.9 Å². The van der Waals surface area contributed by atoms with E-state index in [-0.39, 0.29) is 5.91 Å². The molecule has 1 amide bonds. The molecule has 0 aromatic heterocycles. The number of carbonyl (C=O) groups excluding carboxylic acids is 1. The topological polar surface area (TPSA) is 78.9 Å². The van der Waals surface area contributed by atoms with Crippen LogP contribution in [0.4, 0.5) is 0 Å². The first-order valence-corrected chi connectivity index (χ1v) is 5.56. The summed E-state index contributed by atoms with van der Waals surface area (Å²) in [5.74, 6) is -1.04. The Morgan fingerprint density at radius 2 is 1.81 bits per heavy atom. The summed E-state index contributed by atoms with van der Waals surface area (Å²) in [7, 11) is 0. The number of carboxylic acid groups (broad SMARTS) is 1. The number of carbonyl (C=O) groups is 2. The standard InChI is InChI=1S/C10H16N2O4/c13-9(12-5-3-11-4-6-12)7-1-2-8(16-7)10(14)15/h7-8,11H,1-6H2,(H,14,15)/t7-,8+/m0/s1. The van der Waals surface area contributed by atoms with Gasteiger partial charge in [-0.05, 0) is 12.8 Å². The van der Waals surface area contributed by atoms with E-state index in [4.69, 9.17) is 9.84 Å². The van der Waals surface area contributed by atoms with Crippen molar-refractivity contribution in [3.05, 3.63) is 0 Å². The molecule has 2 heterocycles. The van der Waals surface area contributed by atoms with Crippen LogP contribution in [0.3, 0.4) is 0 Å². The van der Waals surface area contributed by atoms with E-state index >= 15 is 0 Å². The summed E-state index contributed by atoms with van der Waals surface area (Å²) < 4.78 is 5.23. The fourth-order valence-electron chi connectivity index (χ4n) is 2.09. The van der Waals surface area contributed by atoms with Crippen LogP contribution in [0.5, 0.6) is 0 Å². The van der Waals surface area contributed by atoms with Crippen LogP contribution in [-0.4, -0.2) is 60.3 Å². The van der Waals surface area contributed by atoms with Gasteiger partial charge in [-0.2, -0.15) is 0 Å². The van der Waals surface area contributed by atoms with Crippen LogP contribution in [-0.2, 0) is 14.3 Å². The van der Waals surface area contributed by atoms with Crippen molar-refractivity contribution in [2.45, 2.75) is 25.0 Å². The Bertz CT molecular complexity index is 289. The van der Waals surface area contributed by atoms with Gasteiger partial charge in [0.15, 0.2) is 6.10 Å². The normalized spacial score (nSPS) is 30.4. The number of hydrogen-bond acceptors (Lipinski definition) is 4. The molecule has 2 saturated heterocycles. The first-order valence-electron chi connectivity index (χ1n) is 5.56. The van der Waals surface area contributed by atoms with Crippen LogP contribution in [0, 0.1) is 0 Å². The highest BCUT2D eigenvalue weighted by atomic mass is 16.5. The van der Waals surface area contributed by atoms with Crippen LogP contribution < -0.4 is 5.32 Å². The lowest BCUT2D eigenvalue weighted by Gasteiger charge is -2.29. The van der Waals surface area contributed by atoms with E-state index < -0.39 is 18.2 Å². The molecular formula is C10H16N2O4. The van der Waals surface area contributed by atoms with E-state index in [1.165, 1.54) is 0 Å². The highest BCUT2D eigenvalue weighted by Gasteiger charge is 2.36. The Hall–Kier alpha value is -1.14. The minimum Gasteiger partial charge on any atom is -0.479 e. The van der Waals surface area contributed by atoms with Crippen molar-refractivity contribution >= 4 is 11.9 Å². The highest BCUT2D eigenvalue weighted by Crippen LogP contribution is 2.21. The summed E-state index contributed by atoms with van der Waals surface area (Å²) in [6.07, 6.45) is -0.423. The van der Waals surface area contributed by atoms with Crippen molar-refractivity contribution in [3.8, 4) is 0 Å². The monoisotopic (exact) mass is 228 g/mol. The Labute approximate surface area is 93.6 Å². The second-order valence-electron chi connectivity index (χ2n) is 4.10. The average Bonchev–Trinajstić information content (AvgIpc) is 2.78. The molecule has 0 spiro atoms. The van der Waals surface area contributed by atoms with Crippen molar-refractivity contribution in [1.82, 2.24) is 10.2 Å². The van der Waals surface area contributed by atoms with Gasteiger partial charge in [0, 0.05) is 26.2 Å². The van der Waals surface area contributed by atoms with Gasteiger partial charge in [0.05, 0.1) is 0 Å². The lowest BCUT2D eigenvalue weighted by Crippen LogP contribution is -2.49. The van der Waals surface area contributed by atoms with Gasteiger partial charge in [-0.15, -0.1) is 0 Å². The summed E-state index contributed by atoms with van der Waals surface area (Å²) in [5, 5.41) is 11.9. The molecule has 90 valence electrons. The zero-order valence-corrected chi connectivity index (χ0v) is 9.02. The first-order chi connectivity index (χ1) is 7.68. The number of rotatable bonds is 2. The maximum absolute atomic E-state index is 11.9. The largest absolute Gasteiger partial charge is 0.479 e. The Morgan fingerprint density at radius 3 is 2.38 bits per heavy atom. The zero-order valence-electron chi connectivity index (χ0n) is 9.02. The summed E-state index contributed by atoms with van der Waals surface area (Å²) in [6.45, 7) is 2.94. The minimum absolute atomic E-state index is 0.0646. The molecular weight excluding hydrogens is 212 g/mol. The van der Waals surface area contributed by atoms with Crippen molar-refractivity contribution < 1.29 is 19.4 Å². The molecule has 0 aromatic carbocycles. The minimum atomic E-state index is -0.976. The van der Waals surface area contributed by atoms with Gasteiger partial charge in [-0.25, -0.2) is 4.79 Å². The Morgan fingerprint density at radius 1 is 1.19 bits per heavy atom. The van der Waals surface area contributed by atoms with Crippen LogP contribution >= 0.6 is 0 Å². The second-order valence-corrected chi connectivity index (χ2v) is 4.10. The van der Waals surface area contributed by atoms with Gasteiger partial charge in [0.25, 0.3) is 5.91 Å². The number of hydrogen-bond donors (Lipinski definition) is 2. The van der Waals surface area contributed by atoms with Crippen molar-refractivity contribution in [2.24, 2.45) is 0 Å². The predicted molar refractivity (Wildman–Crippen MR) is 55.0 cm³/mol. The molecule has 2 N–H and O–H groups in total. The van der Waals surface area contributed by atoms with Crippen LogP contribution in [0.1, 0.15) is 12.8 Å². The third kappa shape index (κ3) is 2.33. The molecule has 0 bridgehead atoms. The summed E-state index contributed by atoms with van der Waals surface area (Å²) in [4.78, 5) is 24.4. The molecule has 2 atom stereocenters. The number of ether oxygens (including phenoxy) is 1. The highest BCUT2D eigenvalue weighted by molar-refractivity contribution is 5.82. The zero-order chi connectivity index (χ0) is 11.5. The molecule has 0 aromatic rings. The third-order valence-corrected chi connectivity index (χ3v) is 3.00. The smallest absolute Gasteiger partial charge is 0.332 e. The fraction of sp³-hybridized carbons (Fsp3) is 0.800. The quantitative estimate of drug-likeness (QED) is 0.637. The summed E-state index contributed by atoms with van der Waals surface area (Å²) >= 11 is 0. The van der Waals surface area contributed by atoms with E-state index in [2.05, 4.69) is 5.32 Å². The molecule has 6 nitrogen and oxygen atoms in total. The summed E-state index contributed by atoms with van der Waals surface area (Å²) in [5.41, 5.74) is 0. The second kappa shape index (κ2) is 4.80. The van der Waals surface area contributed by atoms with E-state index in [1.807, 2.05) is 0 Å². The molecule has 0 radical (unpaired) electrons. The maximum Gasteiger partial charge on any atom is 0.332 e. The lowest BCUT2D eigenvalue weighted by molar-refractivity contribution is -0.155. The number of aliphatic carboxylic acids is 1. The average molecular weight is 228 g/mol. The Balaban J connectivity index is 1.88. The van der Waals surface area contributed by atoms with Crippen molar-refractivity contribution in [2.75, 3.05) is 26.2 Å². The van der Waals surface area contributed by atoms with Crippen LogP contribution in [0.15, 0.2) is 0 Å². The van der Waals surface area contributed by atoms with Gasteiger partial charge < -0.3 is 20.1 Å². The molecule has 2 aliphatic heterocycles. The molecule has 2 rings (SSSR count). The number of amides is 1. The molecule has 2 aliphatic rings. The molecule has 2 fully saturated rings. The number of piperazine rings is 1. The summed E-state index contributed by atoms with van der Waals surface area (Å²) in [6, 6.07) is 0. The molecule has 6 heteroatoms.